The lowest BCUT2D eigenvalue weighted by Gasteiger charge is -2.17. The molecular formula is C22H25N3O3S. The molecule has 3 aromatic rings. The number of ether oxygens (including phenoxy) is 2. The molecule has 29 heavy (non-hydrogen) atoms. The maximum absolute atomic E-state index is 12.5. The molecule has 1 heterocycles. The number of rotatable bonds is 9. The number of aryl methyl sites for hydroxylation is 1. The minimum Gasteiger partial charge on any atom is -0.497 e. The molecule has 0 aliphatic heterocycles. The molecule has 0 radical (unpaired) electrons. The van der Waals surface area contributed by atoms with Crippen LogP contribution in [-0.4, -0.2) is 53.4 Å². The third-order valence-corrected chi connectivity index (χ3v) is 5.44. The standard InChI is InChI=1S/C22H25N3O3S/c1-17-6-4-5-7-20(17)25-13-12-23-22(25)29-16-21(26)24(2)14-15-28-19-10-8-18(27-3)9-11-19/h4-13H,14-16H2,1-3H3. The molecule has 0 fully saturated rings. The van der Waals surface area contributed by atoms with Gasteiger partial charge in [0.1, 0.15) is 18.1 Å². The molecule has 0 bridgehead atoms. The molecule has 0 N–H and O–H groups in total. The number of hydrogen-bond acceptors (Lipinski definition) is 5. The molecule has 3 rings (SSSR count). The molecule has 0 saturated heterocycles. The molecule has 7 heteroatoms. The van der Waals surface area contributed by atoms with Crippen LogP contribution in [0.15, 0.2) is 66.1 Å². The van der Waals surface area contributed by atoms with Crippen LogP contribution in [0.2, 0.25) is 0 Å². The first-order chi connectivity index (χ1) is 14.1. The van der Waals surface area contributed by atoms with Crippen LogP contribution < -0.4 is 9.47 Å². The fraction of sp³-hybridized carbons (Fsp3) is 0.273. The lowest BCUT2D eigenvalue weighted by atomic mass is 10.2. The third-order valence-electron chi connectivity index (χ3n) is 4.49. The third kappa shape index (κ3) is 5.54. The maximum Gasteiger partial charge on any atom is 0.232 e. The lowest BCUT2D eigenvalue weighted by Crippen LogP contribution is -2.32. The van der Waals surface area contributed by atoms with E-state index in [0.717, 1.165) is 27.9 Å². The zero-order valence-electron chi connectivity index (χ0n) is 16.9. The van der Waals surface area contributed by atoms with Gasteiger partial charge in [0.05, 0.1) is 25.1 Å². The van der Waals surface area contributed by atoms with E-state index >= 15 is 0 Å². The van der Waals surface area contributed by atoms with Gasteiger partial charge in [-0.05, 0) is 42.8 Å². The van der Waals surface area contributed by atoms with E-state index in [2.05, 4.69) is 18.0 Å². The molecule has 0 unspecified atom stereocenters. The number of likely N-dealkylation sites (N-methyl/N-ethyl adjacent to an activating group) is 1. The second-order valence-electron chi connectivity index (χ2n) is 6.49. The van der Waals surface area contributed by atoms with Crippen LogP contribution in [0.5, 0.6) is 11.5 Å². The summed E-state index contributed by atoms with van der Waals surface area (Å²) in [4.78, 5) is 18.6. The number of carbonyl (C=O) groups excluding carboxylic acids is 1. The normalized spacial score (nSPS) is 10.6. The molecule has 0 atom stereocenters. The van der Waals surface area contributed by atoms with Gasteiger partial charge in [-0.3, -0.25) is 9.36 Å². The molecule has 1 amide bonds. The Bertz CT molecular complexity index is 940. The van der Waals surface area contributed by atoms with E-state index < -0.39 is 0 Å². The first-order valence-electron chi connectivity index (χ1n) is 9.31. The molecule has 0 spiro atoms. The summed E-state index contributed by atoms with van der Waals surface area (Å²) in [6, 6.07) is 15.5. The Morgan fingerprint density at radius 1 is 1.14 bits per heavy atom. The Balaban J connectivity index is 1.48. The summed E-state index contributed by atoms with van der Waals surface area (Å²) in [5, 5.41) is 0.801. The minimum absolute atomic E-state index is 0.0349. The van der Waals surface area contributed by atoms with Crippen LogP contribution in [0.3, 0.4) is 0 Å². The van der Waals surface area contributed by atoms with Crippen LogP contribution in [0, 0.1) is 6.92 Å². The second kappa shape index (κ2) is 10.0. The van der Waals surface area contributed by atoms with E-state index in [9.17, 15) is 4.79 Å². The average Bonchev–Trinajstić information content (AvgIpc) is 3.21. The number of benzene rings is 2. The van der Waals surface area contributed by atoms with E-state index in [0.29, 0.717) is 18.9 Å². The van der Waals surface area contributed by atoms with E-state index in [-0.39, 0.29) is 5.91 Å². The molecule has 6 nitrogen and oxygen atoms in total. The number of hydrogen-bond donors (Lipinski definition) is 0. The number of carbonyl (C=O) groups is 1. The smallest absolute Gasteiger partial charge is 0.232 e. The van der Waals surface area contributed by atoms with Crippen LogP contribution in [0.4, 0.5) is 0 Å². The maximum atomic E-state index is 12.5. The van der Waals surface area contributed by atoms with Crippen LogP contribution in [0.1, 0.15) is 5.56 Å². The van der Waals surface area contributed by atoms with Gasteiger partial charge in [0.15, 0.2) is 5.16 Å². The largest absolute Gasteiger partial charge is 0.497 e. The summed E-state index contributed by atoms with van der Waals surface area (Å²) in [6.07, 6.45) is 3.67. The average molecular weight is 412 g/mol. The quantitative estimate of drug-likeness (QED) is 0.501. The van der Waals surface area contributed by atoms with Crippen molar-refractivity contribution in [1.82, 2.24) is 14.5 Å². The van der Waals surface area contributed by atoms with Crippen molar-refractivity contribution in [2.75, 3.05) is 33.1 Å². The summed E-state index contributed by atoms with van der Waals surface area (Å²) in [7, 11) is 3.41. The number of imidazole rings is 1. The van der Waals surface area contributed by atoms with Gasteiger partial charge < -0.3 is 14.4 Å². The fourth-order valence-electron chi connectivity index (χ4n) is 2.75. The molecular weight excluding hydrogens is 386 g/mol. The van der Waals surface area contributed by atoms with Gasteiger partial charge in [-0.25, -0.2) is 4.98 Å². The van der Waals surface area contributed by atoms with Crippen molar-refractivity contribution in [3.8, 4) is 17.2 Å². The highest BCUT2D eigenvalue weighted by molar-refractivity contribution is 7.99. The number of methoxy groups -OCH3 is 1. The van der Waals surface area contributed by atoms with Crippen LogP contribution in [-0.2, 0) is 4.79 Å². The highest BCUT2D eigenvalue weighted by atomic mass is 32.2. The number of para-hydroxylation sites is 1. The van der Waals surface area contributed by atoms with E-state index in [1.54, 1.807) is 25.3 Å². The Morgan fingerprint density at radius 3 is 2.59 bits per heavy atom. The Kier molecular flexibility index (Phi) is 7.19. The van der Waals surface area contributed by atoms with Crippen molar-refractivity contribution in [2.45, 2.75) is 12.1 Å². The highest BCUT2D eigenvalue weighted by Crippen LogP contribution is 2.23. The Labute approximate surface area is 175 Å². The SMILES string of the molecule is COc1ccc(OCCN(C)C(=O)CSc2nccn2-c2ccccc2C)cc1. The molecule has 2 aromatic carbocycles. The summed E-state index contributed by atoms with van der Waals surface area (Å²) in [5.74, 6) is 1.89. The summed E-state index contributed by atoms with van der Waals surface area (Å²) in [5.41, 5.74) is 2.23. The second-order valence-corrected chi connectivity index (χ2v) is 7.44. The summed E-state index contributed by atoms with van der Waals surface area (Å²) >= 11 is 1.43. The van der Waals surface area contributed by atoms with E-state index in [1.807, 2.05) is 53.2 Å². The van der Waals surface area contributed by atoms with Gasteiger partial charge in [0.2, 0.25) is 5.91 Å². The number of thioether (sulfide) groups is 1. The lowest BCUT2D eigenvalue weighted by molar-refractivity contribution is -0.127. The molecule has 0 saturated carbocycles. The van der Waals surface area contributed by atoms with Crippen LogP contribution >= 0.6 is 11.8 Å². The number of nitrogens with zero attached hydrogens (tertiary/aromatic N) is 3. The predicted molar refractivity (Wildman–Crippen MR) is 115 cm³/mol. The Hall–Kier alpha value is -2.93. The van der Waals surface area contributed by atoms with Gasteiger partial charge in [0, 0.05) is 19.4 Å². The van der Waals surface area contributed by atoms with Crippen molar-refractivity contribution in [3.05, 3.63) is 66.5 Å². The van der Waals surface area contributed by atoms with Gasteiger partial charge in [-0.15, -0.1) is 0 Å². The molecule has 0 aliphatic rings. The van der Waals surface area contributed by atoms with Crippen molar-refractivity contribution in [1.29, 1.82) is 0 Å². The topological polar surface area (TPSA) is 56.6 Å². The van der Waals surface area contributed by atoms with Crippen molar-refractivity contribution >= 4 is 17.7 Å². The number of aromatic nitrogens is 2. The Morgan fingerprint density at radius 2 is 1.86 bits per heavy atom. The highest BCUT2D eigenvalue weighted by Gasteiger charge is 2.13. The molecule has 0 aliphatic carbocycles. The van der Waals surface area contributed by atoms with Gasteiger partial charge in [-0.1, -0.05) is 30.0 Å². The first kappa shape index (κ1) is 20.8. The zero-order chi connectivity index (χ0) is 20.6. The number of amides is 1. The van der Waals surface area contributed by atoms with Crippen molar-refractivity contribution < 1.29 is 14.3 Å². The molecule has 1 aromatic heterocycles. The van der Waals surface area contributed by atoms with Gasteiger partial charge >= 0.3 is 0 Å². The fourth-order valence-corrected chi connectivity index (χ4v) is 3.65. The van der Waals surface area contributed by atoms with Gasteiger partial charge in [0.25, 0.3) is 0 Å². The summed E-state index contributed by atoms with van der Waals surface area (Å²) < 4.78 is 12.8. The summed E-state index contributed by atoms with van der Waals surface area (Å²) in [6.45, 7) is 3.00. The van der Waals surface area contributed by atoms with Crippen molar-refractivity contribution in [2.24, 2.45) is 0 Å². The predicted octanol–water partition coefficient (Wildman–Crippen LogP) is 3.82. The minimum atomic E-state index is 0.0349. The molecule has 152 valence electrons. The van der Waals surface area contributed by atoms with E-state index in [4.69, 9.17) is 9.47 Å². The van der Waals surface area contributed by atoms with Crippen molar-refractivity contribution in [3.63, 3.8) is 0 Å². The monoisotopic (exact) mass is 411 g/mol. The van der Waals surface area contributed by atoms with E-state index in [1.165, 1.54) is 11.8 Å². The first-order valence-corrected chi connectivity index (χ1v) is 10.3. The van der Waals surface area contributed by atoms with Crippen LogP contribution in [0.25, 0.3) is 5.69 Å². The zero-order valence-corrected chi connectivity index (χ0v) is 17.7. The van der Waals surface area contributed by atoms with Gasteiger partial charge in [-0.2, -0.15) is 0 Å².